The van der Waals surface area contributed by atoms with Gasteiger partial charge < -0.3 is 9.32 Å². The van der Waals surface area contributed by atoms with Gasteiger partial charge in [-0.15, -0.1) is 0 Å². The van der Waals surface area contributed by atoms with Crippen molar-refractivity contribution in [1.29, 1.82) is 0 Å². The molecule has 0 radical (unpaired) electrons. The van der Waals surface area contributed by atoms with Gasteiger partial charge in [-0.25, -0.2) is 0 Å². The summed E-state index contributed by atoms with van der Waals surface area (Å²) >= 11 is 0. The van der Waals surface area contributed by atoms with Gasteiger partial charge in [0.25, 0.3) is 0 Å². The van der Waals surface area contributed by atoms with E-state index in [0.29, 0.717) is 0 Å². The molecule has 0 bridgehead atoms. The zero-order valence-corrected chi connectivity index (χ0v) is 25.1. The normalized spacial score (nSPS) is 11.5. The van der Waals surface area contributed by atoms with E-state index in [2.05, 4.69) is 175 Å². The standard InChI is InChI=1S/C44H29NO/c1-2-12-33(13-3-1)39-16-8-17-40-41-18-9-19-42(44(41)46-43(39)40)45(38-27-24-31-11-5-7-15-35(31)29-38)37-25-22-32(23-26-37)36-21-20-30-10-4-6-14-34(30)28-36/h1-29H. The molecule has 0 atom stereocenters. The fourth-order valence-electron chi connectivity index (χ4n) is 6.74. The Hall–Kier alpha value is -6.12. The minimum absolute atomic E-state index is 0.868. The molecule has 0 unspecified atom stereocenters. The van der Waals surface area contributed by atoms with Crippen molar-refractivity contribution in [3.8, 4) is 22.3 Å². The van der Waals surface area contributed by atoms with Crippen LogP contribution in [-0.2, 0) is 0 Å². The summed E-state index contributed by atoms with van der Waals surface area (Å²) in [5.41, 5.74) is 9.54. The van der Waals surface area contributed by atoms with E-state index in [4.69, 9.17) is 4.42 Å². The average molecular weight is 588 g/mol. The van der Waals surface area contributed by atoms with E-state index in [9.17, 15) is 0 Å². The van der Waals surface area contributed by atoms with Crippen LogP contribution in [0.4, 0.5) is 17.1 Å². The van der Waals surface area contributed by atoms with Crippen LogP contribution >= 0.6 is 0 Å². The molecule has 0 aliphatic carbocycles. The van der Waals surface area contributed by atoms with Crippen LogP contribution in [0.15, 0.2) is 180 Å². The predicted octanol–water partition coefficient (Wildman–Crippen LogP) is 12.7. The van der Waals surface area contributed by atoms with Gasteiger partial charge in [-0.1, -0.05) is 140 Å². The summed E-state index contributed by atoms with van der Waals surface area (Å²) in [4.78, 5) is 2.32. The van der Waals surface area contributed by atoms with Gasteiger partial charge >= 0.3 is 0 Å². The Morgan fingerprint density at radius 2 is 0.935 bits per heavy atom. The summed E-state index contributed by atoms with van der Waals surface area (Å²) < 4.78 is 6.87. The summed E-state index contributed by atoms with van der Waals surface area (Å²) in [6.07, 6.45) is 0. The molecule has 0 saturated carbocycles. The van der Waals surface area contributed by atoms with Crippen molar-refractivity contribution in [1.82, 2.24) is 0 Å². The van der Waals surface area contributed by atoms with E-state index in [1.807, 2.05) is 6.07 Å². The highest BCUT2D eigenvalue weighted by Crippen LogP contribution is 2.44. The lowest BCUT2D eigenvalue weighted by Crippen LogP contribution is -2.10. The van der Waals surface area contributed by atoms with Gasteiger partial charge in [-0.05, 0) is 74.6 Å². The van der Waals surface area contributed by atoms with Gasteiger partial charge in [-0.3, -0.25) is 0 Å². The maximum absolute atomic E-state index is 6.87. The van der Waals surface area contributed by atoms with Crippen molar-refractivity contribution in [2.75, 3.05) is 4.90 Å². The number of para-hydroxylation sites is 2. The number of nitrogens with zero attached hydrogens (tertiary/aromatic N) is 1. The second kappa shape index (κ2) is 10.8. The van der Waals surface area contributed by atoms with E-state index in [-0.39, 0.29) is 0 Å². The van der Waals surface area contributed by atoms with Crippen LogP contribution in [-0.4, -0.2) is 0 Å². The monoisotopic (exact) mass is 587 g/mol. The lowest BCUT2D eigenvalue weighted by Gasteiger charge is -2.26. The number of rotatable bonds is 5. The van der Waals surface area contributed by atoms with Crippen LogP contribution in [0.2, 0.25) is 0 Å². The fourth-order valence-corrected chi connectivity index (χ4v) is 6.74. The SMILES string of the molecule is c1ccc(-c2cccc3c2oc2c(N(c4ccc(-c5ccc6ccccc6c5)cc4)c4ccc5ccccc5c4)cccc23)cc1. The van der Waals surface area contributed by atoms with E-state index < -0.39 is 0 Å². The van der Waals surface area contributed by atoms with Gasteiger partial charge in [0.05, 0.1) is 5.69 Å². The van der Waals surface area contributed by atoms with Crippen LogP contribution in [0.5, 0.6) is 0 Å². The van der Waals surface area contributed by atoms with Crippen molar-refractivity contribution >= 4 is 60.5 Å². The Bertz CT molecular complexity index is 2530. The maximum atomic E-state index is 6.87. The van der Waals surface area contributed by atoms with Crippen molar-refractivity contribution in [3.63, 3.8) is 0 Å². The van der Waals surface area contributed by atoms with Crippen LogP contribution in [0.3, 0.4) is 0 Å². The Kier molecular flexibility index (Phi) is 6.17. The largest absolute Gasteiger partial charge is 0.453 e. The first-order valence-electron chi connectivity index (χ1n) is 15.7. The first-order chi connectivity index (χ1) is 22.8. The summed E-state index contributed by atoms with van der Waals surface area (Å²) in [5.74, 6) is 0. The Balaban J connectivity index is 1.23. The Morgan fingerprint density at radius 3 is 1.70 bits per heavy atom. The third-order valence-corrected chi connectivity index (χ3v) is 9.03. The van der Waals surface area contributed by atoms with E-state index in [1.54, 1.807) is 0 Å². The smallest absolute Gasteiger partial charge is 0.159 e. The van der Waals surface area contributed by atoms with Gasteiger partial charge in [0.15, 0.2) is 5.58 Å². The minimum Gasteiger partial charge on any atom is -0.453 e. The summed E-state index contributed by atoms with van der Waals surface area (Å²) in [7, 11) is 0. The number of furan rings is 1. The first kappa shape index (κ1) is 26.3. The highest BCUT2D eigenvalue weighted by molar-refractivity contribution is 6.13. The molecule has 8 aromatic carbocycles. The molecule has 2 nitrogen and oxygen atoms in total. The zero-order valence-electron chi connectivity index (χ0n) is 25.1. The van der Waals surface area contributed by atoms with Crippen LogP contribution < -0.4 is 4.90 Å². The topological polar surface area (TPSA) is 16.4 Å². The highest BCUT2D eigenvalue weighted by Gasteiger charge is 2.21. The third-order valence-electron chi connectivity index (χ3n) is 9.03. The molecule has 0 amide bonds. The number of fused-ring (bicyclic) bond motifs is 5. The number of hydrogen-bond acceptors (Lipinski definition) is 2. The van der Waals surface area contributed by atoms with Crippen molar-refractivity contribution in [2.24, 2.45) is 0 Å². The number of hydrogen-bond donors (Lipinski definition) is 0. The first-order valence-corrected chi connectivity index (χ1v) is 15.7. The van der Waals surface area contributed by atoms with E-state index >= 15 is 0 Å². The minimum atomic E-state index is 0.868. The fraction of sp³-hybridized carbons (Fsp3) is 0. The Labute approximate surface area is 267 Å². The molecule has 9 rings (SSSR count). The van der Waals surface area contributed by atoms with Gasteiger partial charge in [0.2, 0.25) is 0 Å². The van der Waals surface area contributed by atoms with E-state index in [0.717, 1.165) is 50.1 Å². The lowest BCUT2D eigenvalue weighted by atomic mass is 10.0. The van der Waals surface area contributed by atoms with E-state index in [1.165, 1.54) is 32.7 Å². The molecule has 0 aliphatic heterocycles. The summed E-state index contributed by atoms with van der Waals surface area (Å²) in [5, 5.41) is 7.12. The third kappa shape index (κ3) is 4.43. The van der Waals surface area contributed by atoms with Gasteiger partial charge in [-0.2, -0.15) is 0 Å². The lowest BCUT2D eigenvalue weighted by molar-refractivity contribution is 0.670. The molecule has 0 spiro atoms. The summed E-state index contributed by atoms with van der Waals surface area (Å²) in [6.45, 7) is 0. The molecule has 0 saturated heterocycles. The molecule has 2 heteroatoms. The average Bonchev–Trinajstić information content (AvgIpc) is 3.52. The maximum Gasteiger partial charge on any atom is 0.159 e. The quantitative estimate of drug-likeness (QED) is 0.199. The van der Waals surface area contributed by atoms with Crippen LogP contribution in [0.25, 0.3) is 65.7 Å². The van der Waals surface area contributed by atoms with Crippen molar-refractivity contribution in [3.05, 3.63) is 176 Å². The predicted molar refractivity (Wildman–Crippen MR) is 194 cm³/mol. The van der Waals surface area contributed by atoms with Gasteiger partial charge in [0.1, 0.15) is 5.58 Å². The number of anilines is 3. The molecule has 1 aromatic heterocycles. The molecular formula is C44H29NO. The molecule has 46 heavy (non-hydrogen) atoms. The molecular weight excluding hydrogens is 558 g/mol. The van der Waals surface area contributed by atoms with Crippen molar-refractivity contribution in [2.45, 2.75) is 0 Å². The molecule has 0 N–H and O–H groups in total. The second-order valence-electron chi connectivity index (χ2n) is 11.8. The van der Waals surface area contributed by atoms with Crippen LogP contribution in [0, 0.1) is 0 Å². The molecule has 216 valence electrons. The summed E-state index contributed by atoms with van der Waals surface area (Å²) in [6, 6.07) is 62.6. The number of benzene rings is 8. The zero-order chi connectivity index (χ0) is 30.5. The van der Waals surface area contributed by atoms with Gasteiger partial charge in [0, 0.05) is 27.7 Å². The molecule has 0 aliphatic rings. The Morgan fingerprint density at radius 1 is 0.348 bits per heavy atom. The molecule has 0 fully saturated rings. The molecule has 9 aromatic rings. The highest BCUT2D eigenvalue weighted by atomic mass is 16.3. The molecule has 1 heterocycles. The van der Waals surface area contributed by atoms with Crippen molar-refractivity contribution < 1.29 is 4.42 Å². The van der Waals surface area contributed by atoms with Crippen LogP contribution in [0.1, 0.15) is 0 Å². The second-order valence-corrected chi connectivity index (χ2v) is 11.8.